The molecule has 1 saturated heterocycles. The van der Waals surface area contributed by atoms with E-state index in [2.05, 4.69) is 30.5 Å². The van der Waals surface area contributed by atoms with Gasteiger partial charge in [-0.3, -0.25) is 19.1 Å². The van der Waals surface area contributed by atoms with E-state index in [9.17, 15) is 22.8 Å². The van der Waals surface area contributed by atoms with Crippen molar-refractivity contribution in [1.82, 2.24) is 24.9 Å². The number of hydrogen-bond donors (Lipinski definition) is 3. The van der Waals surface area contributed by atoms with Crippen LogP contribution in [0.15, 0.2) is 36.2 Å². The van der Waals surface area contributed by atoms with Crippen LogP contribution < -0.4 is 25.2 Å². The predicted octanol–water partition coefficient (Wildman–Crippen LogP) is 4.97. The molecule has 3 aromatic rings. The third-order valence-electron chi connectivity index (χ3n) is 11.2. The highest BCUT2D eigenvalue weighted by molar-refractivity contribution is 7.91. The number of nitrogens with one attached hydrogen (secondary N) is 2. The molecule has 4 N–H and O–H groups in total. The van der Waals surface area contributed by atoms with Crippen molar-refractivity contribution in [2.45, 2.75) is 115 Å². The van der Waals surface area contributed by atoms with Crippen LogP contribution in [0.2, 0.25) is 0 Å². The zero-order chi connectivity index (χ0) is 39.8. The largest absolute Gasteiger partial charge is 0.496 e. The van der Waals surface area contributed by atoms with Crippen molar-refractivity contribution in [1.29, 1.82) is 0 Å². The van der Waals surface area contributed by atoms with E-state index < -0.39 is 67.0 Å². The molecule has 2 aliphatic carbocycles. The molecule has 0 bridgehead atoms. The molecule has 3 fully saturated rings. The van der Waals surface area contributed by atoms with Gasteiger partial charge in [0.15, 0.2) is 0 Å². The number of aryl methyl sites for hydroxylation is 1. The molecule has 3 amide bonds. The first-order valence-corrected chi connectivity index (χ1v) is 20.7. The van der Waals surface area contributed by atoms with Crippen molar-refractivity contribution in [3.63, 3.8) is 0 Å². The molecule has 13 nitrogen and oxygen atoms in total. The minimum Gasteiger partial charge on any atom is -0.496 e. The number of carbonyl (C=O) groups is 3. The Bertz CT molecular complexity index is 2140. The summed E-state index contributed by atoms with van der Waals surface area (Å²) in [7, 11) is -2.38. The van der Waals surface area contributed by atoms with Gasteiger partial charge in [-0.05, 0) is 63.5 Å². The first-order chi connectivity index (χ1) is 25.1. The van der Waals surface area contributed by atoms with Crippen molar-refractivity contribution in [3.8, 4) is 22.2 Å². The Labute approximate surface area is 321 Å². The molecule has 292 valence electrons. The van der Waals surface area contributed by atoms with E-state index in [1.54, 1.807) is 14.0 Å². The van der Waals surface area contributed by atoms with Crippen molar-refractivity contribution >= 4 is 50.0 Å². The number of pyridine rings is 1. The molecule has 3 heterocycles. The van der Waals surface area contributed by atoms with Crippen molar-refractivity contribution < 1.29 is 32.3 Å². The molecule has 0 radical (unpaired) electrons. The second-order valence-corrected chi connectivity index (χ2v) is 20.1. The summed E-state index contributed by atoms with van der Waals surface area (Å²) in [6.45, 7) is 18.9. The van der Waals surface area contributed by atoms with Gasteiger partial charge >= 0.3 is 0 Å². The van der Waals surface area contributed by atoms with Gasteiger partial charge in [-0.15, -0.1) is 17.9 Å². The Morgan fingerprint density at radius 1 is 1.13 bits per heavy atom. The monoisotopic (exact) mass is 780 g/mol. The first-order valence-electron chi connectivity index (χ1n) is 18.3. The number of ether oxygens (including phenoxy) is 2. The van der Waals surface area contributed by atoms with Gasteiger partial charge in [-0.25, -0.2) is 18.4 Å². The molecule has 2 aromatic heterocycles. The van der Waals surface area contributed by atoms with Crippen LogP contribution in [0.4, 0.5) is 0 Å². The van der Waals surface area contributed by atoms with Crippen molar-refractivity contribution in [2.75, 3.05) is 13.7 Å². The number of methoxy groups -OCH3 is 1. The zero-order valence-corrected chi connectivity index (χ0v) is 34.2. The Morgan fingerprint density at radius 2 is 1.81 bits per heavy atom. The maximum absolute atomic E-state index is 14.4. The van der Waals surface area contributed by atoms with Crippen LogP contribution in [0.25, 0.3) is 21.6 Å². The van der Waals surface area contributed by atoms with Crippen LogP contribution in [0.3, 0.4) is 0 Å². The van der Waals surface area contributed by atoms with E-state index in [1.807, 2.05) is 58.2 Å². The molecule has 0 spiro atoms. The van der Waals surface area contributed by atoms with Crippen LogP contribution in [0, 0.1) is 18.3 Å². The molecule has 1 aromatic carbocycles. The van der Waals surface area contributed by atoms with Crippen LogP contribution in [0.5, 0.6) is 11.5 Å². The highest BCUT2D eigenvalue weighted by atomic mass is 32.2. The molecule has 1 aliphatic heterocycles. The molecule has 5 atom stereocenters. The molecule has 54 heavy (non-hydrogen) atoms. The van der Waals surface area contributed by atoms with E-state index in [4.69, 9.17) is 25.2 Å². The summed E-state index contributed by atoms with van der Waals surface area (Å²) in [4.78, 5) is 53.5. The third kappa shape index (κ3) is 7.10. The zero-order valence-electron chi connectivity index (χ0n) is 32.5. The van der Waals surface area contributed by atoms with E-state index in [-0.39, 0.29) is 25.3 Å². The van der Waals surface area contributed by atoms with E-state index >= 15 is 0 Å². The molecule has 1 unspecified atom stereocenters. The van der Waals surface area contributed by atoms with E-state index in [0.717, 1.165) is 16.3 Å². The average Bonchev–Trinajstić information content (AvgIpc) is 3.91. The van der Waals surface area contributed by atoms with Gasteiger partial charge in [0.1, 0.15) is 39.4 Å². The lowest BCUT2D eigenvalue weighted by atomic mass is 9.86. The molecule has 2 saturated carbocycles. The van der Waals surface area contributed by atoms with Crippen molar-refractivity contribution in [3.05, 3.63) is 47.5 Å². The summed E-state index contributed by atoms with van der Waals surface area (Å²) in [5, 5.41) is 6.30. The Hall–Kier alpha value is -4.08. The molecule has 15 heteroatoms. The molecule has 3 aliphatic rings. The van der Waals surface area contributed by atoms with Gasteiger partial charge in [0, 0.05) is 34.7 Å². The van der Waals surface area contributed by atoms with Crippen molar-refractivity contribution in [2.24, 2.45) is 17.1 Å². The SMILES string of the molecule is C=C[C@@H]1C[C@]1(NC(=O)[C@@H]1CC(C)(Oc2cc(-c3nc(C(C)C)cs3)nc3c(C)c(OC)ccc23)CN1C(=O)[C@H](N)C(C)(C)C)C(=O)NS(=O)(=O)C1(C)CC1. The van der Waals surface area contributed by atoms with Gasteiger partial charge in [-0.2, -0.15) is 0 Å². The molecular weight excluding hydrogens is 729 g/mol. The number of hydrogen-bond acceptors (Lipinski definition) is 11. The topological polar surface area (TPSA) is 183 Å². The number of rotatable bonds is 12. The first kappa shape index (κ1) is 39.6. The fourth-order valence-electron chi connectivity index (χ4n) is 6.99. The second kappa shape index (κ2) is 13.6. The fourth-order valence-corrected chi connectivity index (χ4v) is 9.24. The number of thiazole rings is 1. The number of amides is 3. The Morgan fingerprint density at radius 3 is 2.37 bits per heavy atom. The minimum atomic E-state index is -3.98. The lowest BCUT2D eigenvalue weighted by Gasteiger charge is -2.33. The number of likely N-dealkylation sites (tertiary alicyclic amines) is 1. The number of sulfonamides is 1. The molecule has 6 rings (SSSR count). The Kier molecular flexibility index (Phi) is 9.97. The van der Waals surface area contributed by atoms with Gasteiger partial charge in [0.2, 0.25) is 21.8 Å². The lowest BCUT2D eigenvalue weighted by molar-refractivity contribution is -0.142. The summed E-state index contributed by atoms with van der Waals surface area (Å²) in [5.74, 6) is -1.01. The van der Waals surface area contributed by atoms with Gasteiger partial charge in [0.25, 0.3) is 5.91 Å². The standard InChI is InChI=1S/C39H52N6O7S2/c1-11-23-17-39(23,35(48)44-54(49,50)38(9)14-15-38)43-32(46)27-18-37(8,20-45(27)34(47)31(40)36(5,6)7)52-29-16-25(33-42-26(19-53-33)21(2)3)41-30-22(4)28(51-10)13-12-24(29)30/h11-13,16,19,21,23,27,31H,1,14-15,17-18,20,40H2,2-10H3,(H,43,46)(H,44,48)/t23-,27+,31+,37?,39-/m1/s1. The quantitative estimate of drug-likeness (QED) is 0.212. The number of benzene rings is 1. The normalized spacial score (nSPS) is 25.3. The number of nitrogens with two attached hydrogens (primary N) is 1. The van der Waals surface area contributed by atoms with Crippen LogP contribution in [-0.4, -0.2) is 82.6 Å². The number of aromatic nitrogens is 2. The second-order valence-electron chi connectivity index (χ2n) is 17.0. The highest BCUT2D eigenvalue weighted by Crippen LogP contribution is 2.48. The van der Waals surface area contributed by atoms with Crippen LogP contribution in [-0.2, 0) is 24.4 Å². The van der Waals surface area contributed by atoms with Gasteiger partial charge in [-0.1, -0.05) is 40.7 Å². The Balaban J connectivity index is 1.36. The lowest BCUT2D eigenvalue weighted by Crippen LogP contribution is -2.59. The third-order valence-corrected chi connectivity index (χ3v) is 14.3. The van der Waals surface area contributed by atoms with E-state index in [1.165, 1.54) is 22.3 Å². The van der Waals surface area contributed by atoms with E-state index in [0.29, 0.717) is 40.9 Å². The maximum Gasteiger partial charge on any atom is 0.259 e. The predicted molar refractivity (Wildman–Crippen MR) is 209 cm³/mol. The summed E-state index contributed by atoms with van der Waals surface area (Å²) in [6, 6.07) is 3.50. The average molecular weight is 781 g/mol. The van der Waals surface area contributed by atoms with Gasteiger partial charge in [0.05, 0.1) is 35.7 Å². The fraction of sp³-hybridized carbons (Fsp3) is 0.564. The minimum absolute atomic E-state index is 0.00749. The smallest absolute Gasteiger partial charge is 0.259 e. The highest BCUT2D eigenvalue weighted by Gasteiger charge is 2.63. The number of carbonyl (C=O) groups excluding carboxylic acids is 3. The summed E-state index contributed by atoms with van der Waals surface area (Å²) < 4.78 is 39.8. The number of nitrogens with zero attached hydrogens (tertiary/aromatic N) is 3. The maximum atomic E-state index is 14.4. The van der Waals surface area contributed by atoms with Crippen LogP contribution >= 0.6 is 11.3 Å². The summed E-state index contributed by atoms with van der Waals surface area (Å²) >= 11 is 1.49. The summed E-state index contributed by atoms with van der Waals surface area (Å²) in [5.41, 5.74) is 6.27. The van der Waals surface area contributed by atoms with Crippen LogP contribution in [0.1, 0.15) is 91.3 Å². The van der Waals surface area contributed by atoms with Gasteiger partial charge < -0.3 is 25.4 Å². The number of fused-ring (bicyclic) bond motifs is 1. The summed E-state index contributed by atoms with van der Waals surface area (Å²) in [6.07, 6.45) is 2.63. The molecular formula is C39H52N6O7S2.